The normalized spacial score (nSPS) is 13.6. The summed E-state index contributed by atoms with van der Waals surface area (Å²) in [6, 6.07) is 17.0. The standard InChI is InChI=1S/C22H16FN3O2/c23-15-10-8-14(9-11-15)20-19-17(21(27)24-16-4-2-1-3-5-16)12-18(13-6-7-13)25-22(19)28-26-20/h1-5,8-13H,6-7H2,(H,24,27). The Bertz CT molecular complexity index is 1170. The van der Waals surface area contributed by atoms with E-state index in [1.165, 1.54) is 12.1 Å². The van der Waals surface area contributed by atoms with Crippen LogP contribution in [-0.4, -0.2) is 16.0 Å². The molecule has 0 bridgehead atoms. The van der Waals surface area contributed by atoms with Gasteiger partial charge < -0.3 is 9.84 Å². The topological polar surface area (TPSA) is 68.0 Å². The minimum atomic E-state index is -0.340. The van der Waals surface area contributed by atoms with Gasteiger partial charge in [-0.1, -0.05) is 23.4 Å². The summed E-state index contributed by atoms with van der Waals surface area (Å²) in [7, 11) is 0. The minimum absolute atomic E-state index is 0.257. The van der Waals surface area contributed by atoms with Crippen LogP contribution in [0.4, 0.5) is 10.1 Å². The van der Waals surface area contributed by atoms with Crippen LogP contribution in [0.3, 0.4) is 0 Å². The highest BCUT2D eigenvalue weighted by atomic mass is 19.1. The highest BCUT2D eigenvalue weighted by Gasteiger charge is 2.29. The lowest BCUT2D eigenvalue weighted by Crippen LogP contribution is -2.13. The molecule has 0 radical (unpaired) electrons. The fourth-order valence-electron chi connectivity index (χ4n) is 3.26. The maximum Gasteiger partial charge on any atom is 0.259 e. The molecule has 1 saturated carbocycles. The Hall–Kier alpha value is -3.54. The quantitative estimate of drug-likeness (QED) is 0.537. The van der Waals surface area contributed by atoms with Gasteiger partial charge in [-0.15, -0.1) is 0 Å². The van der Waals surface area contributed by atoms with Crippen LogP contribution in [-0.2, 0) is 0 Å². The smallest absolute Gasteiger partial charge is 0.259 e. The molecule has 2 aromatic heterocycles. The summed E-state index contributed by atoms with van der Waals surface area (Å²) in [6.45, 7) is 0. The van der Waals surface area contributed by atoms with Crippen molar-refractivity contribution in [2.75, 3.05) is 5.32 Å². The number of aromatic nitrogens is 2. The van der Waals surface area contributed by atoms with Gasteiger partial charge in [0.2, 0.25) is 0 Å². The number of carbonyl (C=O) groups excluding carboxylic acids is 1. The Kier molecular flexibility index (Phi) is 3.90. The summed E-state index contributed by atoms with van der Waals surface area (Å²) in [6.07, 6.45) is 2.11. The number of fused-ring (bicyclic) bond motifs is 1. The maximum atomic E-state index is 13.3. The molecule has 0 unspecified atom stereocenters. The van der Waals surface area contributed by atoms with Gasteiger partial charge in [-0.2, -0.15) is 0 Å². The van der Waals surface area contributed by atoms with Crippen LogP contribution >= 0.6 is 0 Å². The predicted octanol–water partition coefficient (Wildman–Crippen LogP) is 5.16. The number of hydrogen-bond acceptors (Lipinski definition) is 4. The molecule has 1 aliphatic carbocycles. The number of halogens is 1. The number of para-hydroxylation sites is 1. The molecule has 1 amide bonds. The summed E-state index contributed by atoms with van der Waals surface area (Å²) in [5, 5.41) is 7.58. The van der Waals surface area contributed by atoms with Crippen molar-refractivity contribution in [1.29, 1.82) is 0 Å². The van der Waals surface area contributed by atoms with E-state index < -0.39 is 0 Å². The van der Waals surface area contributed by atoms with Crippen LogP contribution in [0.5, 0.6) is 0 Å². The molecule has 2 heterocycles. The lowest BCUT2D eigenvalue weighted by molar-refractivity contribution is 0.102. The number of pyridine rings is 1. The minimum Gasteiger partial charge on any atom is -0.335 e. The highest BCUT2D eigenvalue weighted by Crippen LogP contribution is 2.41. The average molecular weight is 373 g/mol. The number of hydrogen-bond donors (Lipinski definition) is 1. The van der Waals surface area contributed by atoms with Crippen molar-refractivity contribution >= 4 is 22.7 Å². The molecule has 0 atom stereocenters. The molecule has 6 heteroatoms. The number of amides is 1. The first-order chi connectivity index (χ1) is 13.7. The summed E-state index contributed by atoms with van der Waals surface area (Å²) in [5.74, 6) is -0.244. The fourth-order valence-corrected chi connectivity index (χ4v) is 3.26. The number of nitrogens with one attached hydrogen (secondary N) is 1. The first kappa shape index (κ1) is 16.6. The number of benzene rings is 2. The molecule has 1 aliphatic rings. The van der Waals surface area contributed by atoms with E-state index in [1.54, 1.807) is 12.1 Å². The van der Waals surface area contributed by atoms with Gasteiger partial charge in [-0.3, -0.25) is 4.79 Å². The summed E-state index contributed by atoms with van der Waals surface area (Å²) in [5.41, 5.74) is 3.45. The lowest BCUT2D eigenvalue weighted by atomic mass is 10.0. The Morgan fingerprint density at radius 2 is 1.82 bits per heavy atom. The second-order valence-corrected chi connectivity index (χ2v) is 6.91. The molecule has 5 nitrogen and oxygen atoms in total. The first-order valence-electron chi connectivity index (χ1n) is 9.12. The van der Waals surface area contributed by atoms with E-state index >= 15 is 0 Å². The van der Waals surface area contributed by atoms with Gasteiger partial charge >= 0.3 is 0 Å². The summed E-state index contributed by atoms with van der Waals surface area (Å²) in [4.78, 5) is 17.7. The summed E-state index contributed by atoms with van der Waals surface area (Å²) >= 11 is 0. The van der Waals surface area contributed by atoms with Crippen molar-refractivity contribution in [3.05, 3.63) is 77.7 Å². The van der Waals surface area contributed by atoms with E-state index in [4.69, 9.17) is 4.52 Å². The highest BCUT2D eigenvalue weighted by molar-refractivity contribution is 6.14. The van der Waals surface area contributed by atoms with Crippen molar-refractivity contribution in [3.63, 3.8) is 0 Å². The van der Waals surface area contributed by atoms with Crippen molar-refractivity contribution in [2.45, 2.75) is 18.8 Å². The number of carbonyl (C=O) groups is 1. The maximum absolute atomic E-state index is 13.3. The molecule has 138 valence electrons. The van der Waals surface area contributed by atoms with Crippen molar-refractivity contribution in [2.24, 2.45) is 0 Å². The lowest BCUT2D eigenvalue weighted by Gasteiger charge is -2.08. The van der Waals surface area contributed by atoms with E-state index in [9.17, 15) is 9.18 Å². The third-order valence-electron chi connectivity index (χ3n) is 4.86. The largest absolute Gasteiger partial charge is 0.335 e. The van der Waals surface area contributed by atoms with Gasteiger partial charge in [0.05, 0.1) is 10.9 Å². The van der Waals surface area contributed by atoms with Crippen LogP contribution in [0.1, 0.15) is 34.8 Å². The van der Waals surface area contributed by atoms with Gasteiger partial charge in [0, 0.05) is 22.9 Å². The molecular formula is C22H16FN3O2. The van der Waals surface area contributed by atoms with Crippen molar-refractivity contribution in [1.82, 2.24) is 10.1 Å². The zero-order valence-electron chi connectivity index (χ0n) is 14.9. The SMILES string of the molecule is O=C(Nc1ccccc1)c1cc(C2CC2)nc2onc(-c3ccc(F)cc3)c12. The summed E-state index contributed by atoms with van der Waals surface area (Å²) < 4.78 is 18.8. The molecule has 2 aromatic carbocycles. The molecule has 5 rings (SSSR count). The van der Waals surface area contributed by atoms with Crippen molar-refractivity contribution < 1.29 is 13.7 Å². The van der Waals surface area contributed by atoms with E-state index in [2.05, 4.69) is 15.5 Å². The van der Waals surface area contributed by atoms with E-state index in [-0.39, 0.29) is 11.7 Å². The Balaban J connectivity index is 1.65. The number of anilines is 1. The van der Waals surface area contributed by atoms with Crippen LogP contribution in [0.2, 0.25) is 0 Å². The fraction of sp³-hybridized carbons (Fsp3) is 0.136. The van der Waals surface area contributed by atoms with Crippen LogP contribution in [0.25, 0.3) is 22.4 Å². The van der Waals surface area contributed by atoms with Crippen LogP contribution in [0, 0.1) is 5.82 Å². The Morgan fingerprint density at radius 1 is 1.07 bits per heavy atom. The molecule has 1 fully saturated rings. The average Bonchev–Trinajstić information content (AvgIpc) is 3.48. The van der Waals surface area contributed by atoms with Gasteiger partial charge in [-0.25, -0.2) is 9.37 Å². The van der Waals surface area contributed by atoms with Gasteiger partial charge in [0.15, 0.2) is 0 Å². The van der Waals surface area contributed by atoms with Crippen LogP contribution in [0.15, 0.2) is 65.2 Å². The van der Waals surface area contributed by atoms with Gasteiger partial charge in [0.1, 0.15) is 11.5 Å². The molecule has 1 N–H and O–H groups in total. The molecule has 28 heavy (non-hydrogen) atoms. The molecule has 0 spiro atoms. The first-order valence-corrected chi connectivity index (χ1v) is 9.12. The molecular weight excluding hydrogens is 357 g/mol. The third-order valence-corrected chi connectivity index (χ3v) is 4.86. The zero-order chi connectivity index (χ0) is 19.1. The monoisotopic (exact) mass is 373 g/mol. The third kappa shape index (κ3) is 3.03. The molecule has 4 aromatic rings. The van der Waals surface area contributed by atoms with Gasteiger partial charge in [0.25, 0.3) is 11.6 Å². The van der Waals surface area contributed by atoms with Crippen molar-refractivity contribution in [3.8, 4) is 11.3 Å². The Morgan fingerprint density at radius 3 is 2.54 bits per heavy atom. The molecule has 0 saturated heterocycles. The van der Waals surface area contributed by atoms with Crippen LogP contribution < -0.4 is 5.32 Å². The molecule has 0 aliphatic heterocycles. The Labute approximate surface area is 160 Å². The van der Waals surface area contributed by atoms with E-state index in [0.717, 1.165) is 18.5 Å². The zero-order valence-corrected chi connectivity index (χ0v) is 14.9. The predicted molar refractivity (Wildman–Crippen MR) is 104 cm³/mol. The number of nitrogens with zero attached hydrogens (tertiary/aromatic N) is 2. The second kappa shape index (κ2) is 6.56. The number of rotatable bonds is 4. The van der Waals surface area contributed by atoms with E-state index in [0.29, 0.717) is 39.5 Å². The van der Waals surface area contributed by atoms with Gasteiger partial charge in [-0.05, 0) is 55.3 Å². The van der Waals surface area contributed by atoms with E-state index in [1.807, 2.05) is 36.4 Å². The second-order valence-electron chi connectivity index (χ2n) is 6.91.